The second-order valence-electron chi connectivity index (χ2n) is 4.37. The Hall–Kier alpha value is -1.26. The van der Waals surface area contributed by atoms with Crippen LogP contribution < -0.4 is 10.6 Å². The molecule has 18 heavy (non-hydrogen) atoms. The van der Waals surface area contributed by atoms with Crippen molar-refractivity contribution in [2.24, 2.45) is 0 Å². The van der Waals surface area contributed by atoms with Crippen molar-refractivity contribution >= 4 is 23.3 Å². The lowest BCUT2D eigenvalue weighted by Gasteiger charge is -2.25. The number of esters is 1. The first-order valence-electron chi connectivity index (χ1n) is 6.06. The Morgan fingerprint density at radius 2 is 2.39 bits per heavy atom. The molecule has 98 valence electrons. The number of ether oxygens (including phenoxy) is 1. The first kappa shape index (κ1) is 13.2. The molecule has 0 bridgehead atoms. The second kappa shape index (κ2) is 6.07. The van der Waals surface area contributed by atoms with Gasteiger partial charge in [-0.05, 0) is 37.6 Å². The van der Waals surface area contributed by atoms with Gasteiger partial charge >= 0.3 is 5.97 Å². The maximum Gasteiger partial charge on any atom is 0.339 e. The average molecular weight is 269 g/mol. The maximum atomic E-state index is 11.7. The van der Waals surface area contributed by atoms with Gasteiger partial charge in [-0.1, -0.05) is 11.6 Å². The number of carbonyl (C=O) groups excluding carboxylic acids is 1. The van der Waals surface area contributed by atoms with Gasteiger partial charge in [0.1, 0.15) is 0 Å². The van der Waals surface area contributed by atoms with Crippen molar-refractivity contribution in [2.75, 3.05) is 25.5 Å². The minimum Gasteiger partial charge on any atom is -0.465 e. The van der Waals surface area contributed by atoms with Crippen molar-refractivity contribution in [3.63, 3.8) is 0 Å². The normalized spacial score (nSPS) is 19.3. The highest BCUT2D eigenvalue weighted by molar-refractivity contribution is 6.31. The third kappa shape index (κ3) is 3.15. The van der Waals surface area contributed by atoms with E-state index in [1.807, 2.05) is 0 Å². The molecule has 1 fully saturated rings. The third-order valence-corrected chi connectivity index (χ3v) is 3.28. The zero-order chi connectivity index (χ0) is 13.0. The van der Waals surface area contributed by atoms with Crippen LogP contribution in [0, 0.1) is 0 Å². The average Bonchev–Trinajstić information content (AvgIpc) is 2.39. The van der Waals surface area contributed by atoms with Crippen molar-refractivity contribution < 1.29 is 9.53 Å². The van der Waals surface area contributed by atoms with E-state index in [1.54, 1.807) is 18.2 Å². The number of benzene rings is 1. The van der Waals surface area contributed by atoms with Crippen molar-refractivity contribution in [1.82, 2.24) is 5.32 Å². The summed E-state index contributed by atoms with van der Waals surface area (Å²) in [4.78, 5) is 11.7. The molecule has 4 nitrogen and oxygen atoms in total. The summed E-state index contributed by atoms with van der Waals surface area (Å²) in [5.74, 6) is -0.349. The van der Waals surface area contributed by atoms with Gasteiger partial charge < -0.3 is 15.4 Å². The van der Waals surface area contributed by atoms with Crippen molar-refractivity contribution in [1.29, 1.82) is 0 Å². The number of hydrogen-bond acceptors (Lipinski definition) is 4. The SMILES string of the molecule is COC(=O)c1ccc(Cl)cc1NC1CCCNC1. The lowest BCUT2D eigenvalue weighted by molar-refractivity contribution is 0.0602. The topological polar surface area (TPSA) is 50.4 Å². The summed E-state index contributed by atoms with van der Waals surface area (Å²) in [5.41, 5.74) is 1.26. The molecule has 1 unspecified atom stereocenters. The van der Waals surface area contributed by atoms with Crippen LogP contribution in [0.4, 0.5) is 5.69 Å². The molecule has 0 amide bonds. The van der Waals surface area contributed by atoms with Gasteiger partial charge in [0.05, 0.1) is 18.4 Å². The summed E-state index contributed by atoms with van der Waals surface area (Å²) in [6, 6.07) is 5.47. The molecule has 0 aliphatic carbocycles. The van der Waals surface area contributed by atoms with Gasteiger partial charge in [0, 0.05) is 17.6 Å². The van der Waals surface area contributed by atoms with Crippen molar-refractivity contribution in [3.8, 4) is 0 Å². The molecule has 5 heteroatoms. The number of anilines is 1. The van der Waals surface area contributed by atoms with E-state index in [0.29, 0.717) is 16.6 Å². The Labute approximate surface area is 112 Å². The molecular weight excluding hydrogens is 252 g/mol. The minimum absolute atomic E-state index is 0.320. The Morgan fingerprint density at radius 3 is 3.06 bits per heavy atom. The highest BCUT2D eigenvalue weighted by Gasteiger charge is 2.17. The highest BCUT2D eigenvalue weighted by Crippen LogP contribution is 2.23. The summed E-state index contributed by atoms with van der Waals surface area (Å²) in [5, 5.41) is 7.28. The zero-order valence-corrected chi connectivity index (χ0v) is 11.1. The summed E-state index contributed by atoms with van der Waals surface area (Å²) in [7, 11) is 1.38. The number of rotatable bonds is 3. The maximum absolute atomic E-state index is 11.7. The minimum atomic E-state index is -0.349. The van der Waals surface area contributed by atoms with E-state index in [-0.39, 0.29) is 5.97 Å². The standard InChI is InChI=1S/C13H17ClN2O2/c1-18-13(17)11-5-4-9(14)7-12(11)16-10-3-2-6-15-8-10/h4-5,7,10,15-16H,2-3,6,8H2,1H3. The van der Waals surface area contributed by atoms with E-state index in [0.717, 1.165) is 31.6 Å². The van der Waals surface area contributed by atoms with Crippen LogP contribution in [0.3, 0.4) is 0 Å². The molecular formula is C13H17ClN2O2. The Morgan fingerprint density at radius 1 is 1.56 bits per heavy atom. The van der Waals surface area contributed by atoms with E-state index in [1.165, 1.54) is 7.11 Å². The van der Waals surface area contributed by atoms with Crippen molar-refractivity contribution in [3.05, 3.63) is 28.8 Å². The molecule has 1 atom stereocenters. The van der Waals surface area contributed by atoms with E-state index >= 15 is 0 Å². The number of hydrogen-bond donors (Lipinski definition) is 2. The molecule has 1 aromatic carbocycles. The van der Waals surface area contributed by atoms with Gasteiger partial charge in [-0.3, -0.25) is 0 Å². The first-order valence-corrected chi connectivity index (χ1v) is 6.43. The van der Waals surface area contributed by atoms with Gasteiger partial charge in [0.25, 0.3) is 0 Å². The van der Waals surface area contributed by atoms with E-state index < -0.39 is 0 Å². The molecule has 0 radical (unpaired) electrons. The number of nitrogens with one attached hydrogen (secondary N) is 2. The van der Waals surface area contributed by atoms with E-state index in [2.05, 4.69) is 10.6 Å². The van der Waals surface area contributed by atoms with Crippen molar-refractivity contribution in [2.45, 2.75) is 18.9 Å². The highest BCUT2D eigenvalue weighted by atomic mass is 35.5. The number of piperidine rings is 1. The number of halogens is 1. The predicted molar refractivity (Wildman–Crippen MR) is 72.3 cm³/mol. The molecule has 1 saturated heterocycles. The monoisotopic (exact) mass is 268 g/mol. The van der Waals surface area contributed by atoms with Crippen LogP contribution >= 0.6 is 11.6 Å². The van der Waals surface area contributed by atoms with Crippen LogP contribution in [0.2, 0.25) is 5.02 Å². The first-order chi connectivity index (χ1) is 8.70. The lowest BCUT2D eigenvalue weighted by Crippen LogP contribution is -2.38. The molecule has 1 aromatic rings. The summed E-state index contributed by atoms with van der Waals surface area (Å²) in [6.07, 6.45) is 2.21. The quantitative estimate of drug-likeness (QED) is 0.826. The summed E-state index contributed by atoms with van der Waals surface area (Å²) in [6.45, 7) is 1.95. The third-order valence-electron chi connectivity index (χ3n) is 3.04. The molecule has 1 aliphatic rings. The largest absolute Gasteiger partial charge is 0.465 e. The summed E-state index contributed by atoms with van der Waals surface area (Å²) >= 11 is 5.97. The number of methoxy groups -OCH3 is 1. The van der Waals surface area contributed by atoms with E-state index in [4.69, 9.17) is 16.3 Å². The predicted octanol–water partition coefficient (Wildman–Crippen LogP) is 2.29. The van der Waals surface area contributed by atoms with Gasteiger partial charge in [0.2, 0.25) is 0 Å². The molecule has 0 aromatic heterocycles. The Bertz CT molecular complexity index is 431. The van der Waals surface area contributed by atoms with Gasteiger partial charge in [-0.2, -0.15) is 0 Å². The fourth-order valence-electron chi connectivity index (χ4n) is 2.12. The van der Waals surface area contributed by atoms with Gasteiger partial charge in [0.15, 0.2) is 0 Å². The van der Waals surface area contributed by atoms with Crippen LogP contribution in [-0.4, -0.2) is 32.2 Å². The van der Waals surface area contributed by atoms with Gasteiger partial charge in [-0.25, -0.2) is 4.79 Å². The Balaban J connectivity index is 2.18. The summed E-state index contributed by atoms with van der Waals surface area (Å²) < 4.78 is 4.77. The number of carbonyl (C=O) groups is 1. The van der Waals surface area contributed by atoms with Crippen LogP contribution in [0.15, 0.2) is 18.2 Å². The fourth-order valence-corrected chi connectivity index (χ4v) is 2.29. The smallest absolute Gasteiger partial charge is 0.339 e. The van der Waals surface area contributed by atoms with Crippen LogP contribution in [0.25, 0.3) is 0 Å². The van der Waals surface area contributed by atoms with Crippen LogP contribution in [0.1, 0.15) is 23.2 Å². The van der Waals surface area contributed by atoms with E-state index in [9.17, 15) is 4.79 Å². The van der Waals surface area contributed by atoms with Crippen LogP contribution in [-0.2, 0) is 4.74 Å². The molecule has 1 heterocycles. The molecule has 0 saturated carbocycles. The van der Waals surface area contributed by atoms with Gasteiger partial charge in [-0.15, -0.1) is 0 Å². The fraction of sp³-hybridized carbons (Fsp3) is 0.462. The second-order valence-corrected chi connectivity index (χ2v) is 4.81. The molecule has 0 spiro atoms. The molecule has 1 aliphatic heterocycles. The van der Waals surface area contributed by atoms with Crippen LogP contribution in [0.5, 0.6) is 0 Å². The zero-order valence-electron chi connectivity index (χ0n) is 10.3. The molecule has 2 N–H and O–H groups in total. The molecule has 2 rings (SSSR count). The Kier molecular flexibility index (Phi) is 4.44. The lowest BCUT2D eigenvalue weighted by atomic mass is 10.1.